The second-order valence-corrected chi connectivity index (χ2v) is 5.28. The number of hydrogen-bond donors (Lipinski definition) is 0. The van der Waals surface area contributed by atoms with Crippen LogP contribution in [-0.2, 0) is 16.8 Å². The number of rotatable bonds is 5. The van der Waals surface area contributed by atoms with Crippen molar-refractivity contribution in [2.75, 3.05) is 6.61 Å². The van der Waals surface area contributed by atoms with Crippen molar-refractivity contribution >= 4 is 11.6 Å². The standard InChI is InChI=1S/C14H21ClN2O/c1-3-7-11-10-12(15)17-13(16-11)14(18-4-2)8-5-6-9-14/h10H,3-9H2,1-2H3. The van der Waals surface area contributed by atoms with E-state index in [4.69, 9.17) is 16.3 Å². The maximum atomic E-state index is 6.12. The van der Waals surface area contributed by atoms with E-state index in [9.17, 15) is 0 Å². The Morgan fingerprint density at radius 2 is 2.00 bits per heavy atom. The van der Waals surface area contributed by atoms with Crippen molar-refractivity contribution in [3.05, 3.63) is 22.7 Å². The number of nitrogens with zero attached hydrogens (tertiary/aromatic N) is 2. The lowest BCUT2D eigenvalue weighted by atomic mass is 10.0. The first-order valence-corrected chi connectivity index (χ1v) is 7.26. The van der Waals surface area contributed by atoms with E-state index in [1.165, 1.54) is 12.8 Å². The highest BCUT2D eigenvalue weighted by atomic mass is 35.5. The van der Waals surface area contributed by atoms with Gasteiger partial charge in [0.2, 0.25) is 0 Å². The van der Waals surface area contributed by atoms with Gasteiger partial charge in [0, 0.05) is 12.3 Å². The zero-order chi connectivity index (χ0) is 13.0. The first kappa shape index (κ1) is 13.8. The zero-order valence-electron chi connectivity index (χ0n) is 11.2. The molecule has 0 N–H and O–H groups in total. The summed E-state index contributed by atoms with van der Waals surface area (Å²) < 4.78 is 5.98. The molecule has 1 aliphatic carbocycles. The molecule has 1 aromatic rings. The molecule has 1 saturated carbocycles. The minimum absolute atomic E-state index is 0.290. The number of hydrogen-bond acceptors (Lipinski definition) is 3. The molecule has 100 valence electrons. The minimum Gasteiger partial charge on any atom is -0.367 e. The predicted molar refractivity (Wildman–Crippen MR) is 72.8 cm³/mol. The second kappa shape index (κ2) is 5.98. The van der Waals surface area contributed by atoms with Crippen LogP contribution in [0.1, 0.15) is 57.5 Å². The van der Waals surface area contributed by atoms with Gasteiger partial charge in [-0.15, -0.1) is 0 Å². The van der Waals surface area contributed by atoms with Crippen LogP contribution in [0.15, 0.2) is 6.07 Å². The second-order valence-electron chi connectivity index (χ2n) is 4.89. The maximum Gasteiger partial charge on any atom is 0.162 e. The molecule has 1 heterocycles. The Hall–Kier alpha value is -0.670. The summed E-state index contributed by atoms with van der Waals surface area (Å²) in [6.07, 6.45) is 6.38. The van der Waals surface area contributed by atoms with Crippen molar-refractivity contribution in [3.8, 4) is 0 Å². The fourth-order valence-electron chi connectivity index (χ4n) is 2.71. The molecule has 18 heavy (non-hydrogen) atoms. The number of halogens is 1. The van der Waals surface area contributed by atoms with Gasteiger partial charge in [0.15, 0.2) is 5.82 Å². The summed E-state index contributed by atoms with van der Waals surface area (Å²) in [5, 5.41) is 0.537. The largest absolute Gasteiger partial charge is 0.367 e. The van der Waals surface area contributed by atoms with E-state index < -0.39 is 0 Å². The van der Waals surface area contributed by atoms with Gasteiger partial charge in [-0.2, -0.15) is 0 Å². The van der Waals surface area contributed by atoms with E-state index in [1.54, 1.807) is 0 Å². The van der Waals surface area contributed by atoms with Crippen molar-refractivity contribution in [1.82, 2.24) is 9.97 Å². The van der Waals surface area contributed by atoms with Crippen LogP contribution in [0.3, 0.4) is 0 Å². The van der Waals surface area contributed by atoms with Crippen LogP contribution >= 0.6 is 11.6 Å². The molecule has 0 spiro atoms. The molecular formula is C14H21ClN2O. The van der Waals surface area contributed by atoms with Crippen molar-refractivity contribution in [2.24, 2.45) is 0 Å². The average molecular weight is 269 g/mol. The Kier molecular flexibility index (Phi) is 4.57. The Balaban J connectivity index is 2.34. The van der Waals surface area contributed by atoms with E-state index in [-0.39, 0.29) is 5.60 Å². The van der Waals surface area contributed by atoms with Gasteiger partial charge in [0.25, 0.3) is 0 Å². The molecule has 1 aliphatic rings. The fraction of sp³-hybridized carbons (Fsp3) is 0.714. The SMILES string of the molecule is CCCc1cc(Cl)nc(C2(OCC)CCCC2)n1. The maximum absolute atomic E-state index is 6.12. The number of aryl methyl sites for hydroxylation is 1. The van der Waals surface area contributed by atoms with Crippen molar-refractivity contribution < 1.29 is 4.74 Å². The third kappa shape index (κ3) is 2.83. The molecule has 0 bridgehead atoms. The van der Waals surface area contributed by atoms with Crippen LogP contribution in [-0.4, -0.2) is 16.6 Å². The van der Waals surface area contributed by atoms with E-state index in [2.05, 4.69) is 16.9 Å². The van der Waals surface area contributed by atoms with E-state index in [1.807, 2.05) is 13.0 Å². The topological polar surface area (TPSA) is 35.0 Å². The van der Waals surface area contributed by atoms with Gasteiger partial charge in [0.1, 0.15) is 10.8 Å². The predicted octanol–water partition coefficient (Wildman–Crippen LogP) is 3.89. The zero-order valence-corrected chi connectivity index (χ0v) is 12.0. The Labute approximate surface area is 114 Å². The molecule has 0 amide bonds. The first-order valence-electron chi connectivity index (χ1n) is 6.88. The fourth-order valence-corrected chi connectivity index (χ4v) is 2.91. The van der Waals surface area contributed by atoms with Crippen molar-refractivity contribution in [1.29, 1.82) is 0 Å². The normalized spacial score (nSPS) is 18.2. The van der Waals surface area contributed by atoms with Gasteiger partial charge >= 0.3 is 0 Å². The van der Waals surface area contributed by atoms with Gasteiger partial charge in [-0.25, -0.2) is 9.97 Å². The van der Waals surface area contributed by atoms with Crippen LogP contribution in [0.5, 0.6) is 0 Å². The van der Waals surface area contributed by atoms with Gasteiger partial charge in [-0.05, 0) is 45.1 Å². The molecule has 0 aliphatic heterocycles. The summed E-state index contributed by atoms with van der Waals surface area (Å²) in [7, 11) is 0. The van der Waals surface area contributed by atoms with Crippen LogP contribution in [0.25, 0.3) is 0 Å². The molecule has 0 atom stereocenters. The lowest BCUT2D eigenvalue weighted by Crippen LogP contribution is -2.29. The molecule has 0 saturated heterocycles. The lowest BCUT2D eigenvalue weighted by Gasteiger charge is -2.27. The smallest absolute Gasteiger partial charge is 0.162 e. The summed E-state index contributed by atoms with van der Waals surface area (Å²) in [5.74, 6) is 0.790. The monoisotopic (exact) mass is 268 g/mol. The molecule has 3 nitrogen and oxygen atoms in total. The van der Waals surface area contributed by atoms with Gasteiger partial charge in [0.05, 0.1) is 0 Å². The Morgan fingerprint density at radius 3 is 2.61 bits per heavy atom. The minimum atomic E-state index is -0.290. The molecular weight excluding hydrogens is 248 g/mol. The Morgan fingerprint density at radius 1 is 1.28 bits per heavy atom. The highest BCUT2D eigenvalue weighted by Crippen LogP contribution is 2.40. The average Bonchev–Trinajstić information content (AvgIpc) is 2.79. The van der Waals surface area contributed by atoms with Gasteiger partial charge < -0.3 is 4.74 Å². The lowest BCUT2D eigenvalue weighted by molar-refractivity contribution is -0.0458. The molecule has 0 unspecified atom stereocenters. The highest BCUT2D eigenvalue weighted by Gasteiger charge is 2.39. The summed E-state index contributed by atoms with van der Waals surface area (Å²) in [4.78, 5) is 9.09. The van der Waals surface area contributed by atoms with E-state index in [0.717, 1.165) is 37.2 Å². The summed E-state index contributed by atoms with van der Waals surface area (Å²) in [6.45, 7) is 4.86. The molecule has 1 fully saturated rings. The molecule has 0 aromatic carbocycles. The van der Waals surface area contributed by atoms with Gasteiger partial charge in [-0.3, -0.25) is 0 Å². The highest BCUT2D eigenvalue weighted by molar-refractivity contribution is 6.29. The van der Waals surface area contributed by atoms with Crippen LogP contribution in [0, 0.1) is 0 Å². The number of aromatic nitrogens is 2. The van der Waals surface area contributed by atoms with Gasteiger partial charge in [-0.1, -0.05) is 24.9 Å². The quantitative estimate of drug-likeness (QED) is 0.760. The first-order chi connectivity index (χ1) is 8.70. The van der Waals surface area contributed by atoms with E-state index in [0.29, 0.717) is 11.8 Å². The third-order valence-corrected chi connectivity index (χ3v) is 3.69. The van der Waals surface area contributed by atoms with Crippen LogP contribution in [0.4, 0.5) is 0 Å². The van der Waals surface area contributed by atoms with Crippen LogP contribution < -0.4 is 0 Å². The third-order valence-electron chi connectivity index (χ3n) is 3.49. The van der Waals surface area contributed by atoms with Crippen molar-refractivity contribution in [2.45, 2.75) is 58.0 Å². The molecule has 0 radical (unpaired) electrons. The van der Waals surface area contributed by atoms with E-state index >= 15 is 0 Å². The number of ether oxygens (including phenoxy) is 1. The van der Waals surface area contributed by atoms with Crippen molar-refractivity contribution in [3.63, 3.8) is 0 Å². The molecule has 2 rings (SSSR count). The summed E-state index contributed by atoms with van der Waals surface area (Å²) in [6, 6.07) is 1.86. The summed E-state index contributed by atoms with van der Waals surface area (Å²) in [5.41, 5.74) is 0.737. The molecule has 1 aromatic heterocycles. The molecule has 4 heteroatoms. The van der Waals surface area contributed by atoms with Crippen LogP contribution in [0.2, 0.25) is 5.15 Å². The Bertz CT molecular complexity index is 403. The summed E-state index contributed by atoms with van der Waals surface area (Å²) >= 11 is 6.12.